The monoisotopic (exact) mass is 367 g/mol. The fourth-order valence-corrected chi connectivity index (χ4v) is 4.56. The molecule has 0 spiro atoms. The number of benzene rings is 1. The molecule has 0 unspecified atom stereocenters. The van der Waals surface area contributed by atoms with Gasteiger partial charge in [-0.15, -0.1) is 0 Å². The molecule has 2 aliphatic heterocycles. The van der Waals surface area contributed by atoms with Crippen molar-refractivity contribution in [3.05, 3.63) is 33.4 Å². The third-order valence-electron chi connectivity index (χ3n) is 4.82. The van der Waals surface area contributed by atoms with Crippen LogP contribution in [0.3, 0.4) is 0 Å². The Labute approximate surface area is 146 Å². The molecule has 2 aliphatic rings. The number of hydrogen-bond donors (Lipinski definition) is 0. The topological polar surface area (TPSA) is 101 Å². The predicted molar refractivity (Wildman–Crippen MR) is 93.8 cm³/mol. The van der Waals surface area contributed by atoms with Gasteiger partial charge in [0.05, 0.1) is 27.7 Å². The molecule has 1 aromatic rings. The molecule has 0 N–H and O–H groups in total. The van der Waals surface area contributed by atoms with Crippen molar-refractivity contribution in [1.29, 1.82) is 0 Å². The Bertz CT molecular complexity index is 801. The van der Waals surface area contributed by atoms with Gasteiger partial charge in [-0.2, -0.15) is 0 Å². The quantitative estimate of drug-likeness (QED) is 0.591. The maximum atomic E-state index is 13.0. The smallest absolute Gasteiger partial charge is 0.274 e. The summed E-state index contributed by atoms with van der Waals surface area (Å²) in [5, 5.41) is 11.3. The van der Waals surface area contributed by atoms with E-state index in [4.69, 9.17) is 0 Å². The molecule has 0 radical (unpaired) electrons. The number of nitro groups is 1. The highest BCUT2D eigenvalue weighted by Crippen LogP contribution is 2.32. The summed E-state index contributed by atoms with van der Waals surface area (Å²) in [6, 6.07) is 3.05. The van der Waals surface area contributed by atoms with Gasteiger partial charge in [-0.25, -0.2) is 8.42 Å². The van der Waals surface area contributed by atoms with E-state index in [1.165, 1.54) is 11.0 Å². The Morgan fingerprint density at radius 3 is 2.28 bits per heavy atom. The summed E-state index contributed by atoms with van der Waals surface area (Å²) in [5.41, 5.74) is 1.43. The van der Waals surface area contributed by atoms with Crippen molar-refractivity contribution in [1.82, 2.24) is 4.90 Å². The van der Waals surface area contributed by atoms with Crippen LogP contribution in [0, 0.1) is 17.0 Å². The van der Waals surface area contributed by atoms with E-state index >= 15 is 0 Å². The zero-order chi connectivity index (χ0) is 18.2. The van der Waals surface area contributed by atoms with Crippen LogP contribution < -0.4 is 4.90 Å². The summed E-state index contributed by atoms with van der Waals surface area (Å²) < 4.78 is 23.2. The van der Waals surface area contributed by atoms with Crippen LogP contribution in [0.15, 0.2) is 12.1 Å². The molecular weight excluding hydrogens is 346 g/mol. The molecule has 0 bridgehead atoms. The van der Waals surface area contributed by atoms with Gasteiger partial charge < -0.3 is 9.80 Å². The first kappa shape index (κ1) is 17.7. The molecule has 2 fully saturated rings. The van der Waals surface area contributed by atoms with Gasteiger partial charge in [0.1, 0.15) is 0 Å². The third-order valence-corrected chi connectivity index (χ3v) is 6.43. The number of amides is 1. The van der Waals surface area contributed by atoms with E-state index in [9.17, 15) is 23.3 Å². The lowest BCUT2D eigenvalue weighted by Gasteiger charge is -2.29. The summed E-state index contributed by atoms with van der Waals surface area (Å²) in [4.78, 5) is 27.3. The molecule has 1 aromatic carbocycles. The molecule has 0 aliphatic carbocycles. The summed E-state index contributed by atoms with van der Waals surface area (Å²) in [6.07, 6.45) is 1.97. The number of carbonyl (C=O) groups is 1. The van der Waals surface area contributed by atoms with Gasteiger partial charge in [0.2, 0.25) is 0 Å². The molecule has 3 rings (SSSR count). The standard InChI is InChI=1S/C16H21N3O5S/c1-12-10-13(16(20)18-6-8-25(23,24)9-7-18)15(11-14(12)19(21)22)17-4-2-3-5-17/h10-11H,2-9H2,1H3. The highest BCUT2D eigenvalue weighted by Gasteiger charge is 2.30. The SMILES string of the molecule is Cc1cc(C(=O)N2CCS(=O)(=O)CC2)c(N2CCCC2)cc1[N+](=O)[O-]. The number of nitrogens with zero attached hydrogens (tertiary/aromatic N) is 3. The van der Waals surface area contributed by atoms with E-state index in [1.807, 2.05) is 4.90 Å². The molecule has 2 saturated heterocycles. The second kappa shape index (κ2) is 6.62. The van der Waals surface area contributed by atoms with Crippen LogP contribution in [0.2, 0.25) is 0 Å². The van der Waals surface area contributed by atoms with Gasteiger partial charge in [0, 0.05) is 37.8 Å². The summed E-state index contributed by atoms with van der Waals surface area (Å²) in [5.74, 6) is -0.331. The van der Waals surface area contributed by atoms with Crippen LogP contribution in [0.4, 0.5) is 11.4 Å². The molecule has 136 valence electrons. The fraction of sp³-hybridized carbons (Fsp3) is 0.562. The average molecular weight is 367 g/mol. The Morgan fingerprint density at radius 2 is 1.72 bits per heavy atom. The minimum Gasteiger partial charge on any atom is -0.371 e. The van der Waals surface area contributed by atoms with E-state index in [0.717, 1.165) is 25.9 Å². The predicted octanol–water partition coefficient (Wildman–Crippen LogP) is 1.37. The molecular formula is C16H21N3O5S. The van der Waals surface area contributed by atoms with Gasteiger partial charge in [0.15, 0.2) is 9.84 Å². The zero-order valence-electron chi connectivity index (χ0n) is 14.1. The summed E-state index contributed by atoms with van der Waals surface area (Å²) in [7, 11) is -3.08. The first-order valence-electron chi connectivity index (χ1n) is 8.32. The Morgan fingerprint density at radius 1 is 1.12 bits per heavy atom. The van der Waals surface area contributed by atoms with Crippen molar-refractivity contribution in [2.24, 2.45) is 0 Å². The maximum Gasteiger partial charge on any atom is 0.274 e. The normalized spacial score (nSPS) is 19.9. The molecule has 9 heteroatoms. The summed E-state index contributed by atoms with van der Waals surface area (Å²) >= 11 is 0. The van der Waals surface area contributed by atoms with Crippen molar-refractivity contribution in [3.8, 4) is 0 Å². The lowest BCUT2D eigenvalue weighted by atomic mass is 10.0. The van der Waals surface area contributed by atoms with Gasteiger partial charge in [0.25, 0.3) is 11.6 Å². The molecule has 0 saturated carbocycles. The maximum absolute atomic E-state index is 13.0. The van der Waals surface area contributed by atoms with Crippen LogP contribution >= 0.6 is 0 Å². The van der Waals surface area contributed by atoms with Crippen LogP contribution in [0.5, 0.6) is 0 Å². The van der Waals surface area contributed by atoms with E-state index in [-0.39, 0.29) is 36.2 Å². The minimum atomic E-state index is -3.08. The first-order chi connectivity index (χ1) is 11.8. The van der Waals surface area contributed by atoms with Crippen molar-refractivity contribution in [3.63, 3.8) is 0 Å². The number of aryl methyl sites for hydroxylation is 1. The largest absolute Gasteiger partial charge is 0.371 e. The van der Waals surface area contributed by atoms with Gasteiger partial charge in [-0.3, -0.25) is 14.9 Å². The van der Waals surface area contributed by atoms with Crippen molar-refractivity contribution < 1.29 is 18.1 Å². The van der Waals surface area contributed by atoms with E-state index in [1.54, 1.807) is 13.0 Å². The van der Waals surface area contributed by atoms with Crippen LogP contribution in [0.25, 0.3) is 0 Å². The van der Waals surface area contributed by atoms with Crippen LogP contribution in [-0.4, -0.2) is 61.8 Å². The Kier molecular flexibility index (Phi) is 4.68. The zero-order valence-corrected chi connectivity index (χ0v) is 14.9. The summed E-state index contributed by atoms with van der Waals surface area (Å²) in [6.45, 7) is 3.46. The Balaban J connectivity index is 1.97. The average Bonchev–Trinajstić information content (AvgIpc) is 3.08. The number of rotatable bonds is 3. The molecule has 0 aromatic heterocycles. The second-order valence-electron chi connectivity index (χ2n) is 6.55. The fourth-order valence-electron chi connectivity index (χ4n) is 3.36. The van der Waals surface area contributed by atoms with Gasteiger partial charge in [-0.1, -0.05) is 0 Å². The lowest BCUT2D eigenvalue weighted by molar-refractivity contribution is -0.385. The number of carbonyl (C=O) groups excluding carboxylic acids is 1. The number of hydrogen-bond acceptors (Lipinski definition) is 6. The van der Waals surface area contributed by atoms with E-state index in [2.05, 4.69) is 0 Å². The molecule has 2 heterocycles. The van der Waals surface area contributed by atoms with E-state index < -0.39 is 14.8 Å². The number of nitro benzene ring substituents is 1. The number of sulfone groups is 1. The van der Waals surface area contributed by atoms with Crippen molar-refractivity contribution in [2.75, 3.05) is 42.6 Å². The number of anilines is 1. The van der Waals surface area contributed by atoms with E-state index in [0.29, 0.717) is 16.8 Å². The first-order valence-corrected chi connectivity index (χ1v) is 10.1. The van der Waals surface area contributed by atoms with Crippen molar-refractivity contribution in [2.45, 2.75) is 19.8 Å². The van der Waals surface area contributed by atoms with Crippen molar-refractivity contribution >= 4 is 27.1 Å². The van der Waals surface area contributed by atoms with Gasteiger partial charge in [-0.05, 0) is 25.8 Å². The molecule has 1 amide bonds. The second-order valence-corrected chi connectivity index (χ2v) is 8.85. The highest BCUT2D eigenvalue weighted by atomic mass is 32.2. The lowest BCUT2D eigenvalue weighted by Crippen LogP contribution is -2.44. The molecule has 8 nitrogen and oxygen atoms in total. The highest BCUT2D eigenvalue weighted by molar-refractivity contribution is 7.91. The molecule has 0 atom stereocenters. The minimum absolute atomic E-state index is 0.000304. The third kappa shape index (κ3) is 3.60. The Hall–Kier alpha value is -2.16. The molecule has 25 heavy (non-hydrogen) atoms. The van der Waals surface area contributed by atoms with Crippen LogP contribution in [-0.2, 0) is 9.84 Å². The van der Waals surface area contributed by atoms with Crippen LogP contribution in [0.1, 0.15) is 28.8 Å². The van der Waals surface area contributed by atoms with Gasteiger partial charge >= 0.3 is 0 Å².